The highest BCUT2D eigenvalue weighted by molar-refractivity contribution is 5.89. The predicted molar refractivity (Wildman–Crippen MR) is 76.8 cm³/mol. The average Bonchev–Trinajstić information content (AvgIpc) is 2.79. The molecule has 20 heavy (non-hydrogen) atoms. The molecular formula is C16H24N2O2. The van der Waals surface area contributed by atoms with Gasteiger partial charge in [0.15, 0.2) is 5.69 Å². The molecule has 2 aliphatic carbocycles. The van der Waals surface area contributed by atoms with E-state index in [1.54, 1.807) is 0 Å². The summed E-state index contributed by atoms with van der Waals surface area (Å²) < 4.78 is 5.04. The second kappa shape index (κ2) is 5.23. The van der Waals surface area contributed by atoms with E-state index in [4.69, 9.17) is 4.74 Å². The van der Waals surface area contributed by atoms with Gasteiger partial charge in [-0.05, 0) is 44.9 Å². The second-order valence-electron chi connectivity index (χ2n) is 6.50. The third-order valence-corrected chi connectivity index (χ3v) is 5.20. The van der Waals surface area contributed by atoms with Crippen LogP contribution in [0, 0.1) is 12.3 Å². The minimum atomic E-state index is -0.306. The van der Waals surface area contributed by atoms with Gasteiger partial charge < -0.3 is 4.74 Å². The summed E-state index contributed by atoms with van der Waals surface area (Å²) >= 11 is 0. The molecule has 1 aromatic rings. The number of nitrogens with one attached hydrogen (secondary N) is 1. The number of hydrogen-bond acceptors (Lipinski definition) is 3. The lowest BCUT2D eigenvalue weighted by Gasteiger charge is -2.50. The van der Waals surface area contributed by atoms with E-state index in [2.05, 4.69) is 10.2 Å². The Kier molecular flexibility index (Phi) is 3.57. The topological polar surface area (TPSA) is 55.0 Å². The number of hydrogen-bond donors (Lipinski definition) is 1. The Morgan fingerprint density at radius 2 is 2.05 bits per heavy atom. The first-order chi connectivity index (χ1) is 9.65. The highest BCUT2D eigenvalue weighted by atomic mass is 16.5. The molecule has 0 radical (unpaired) electrons. The molecule has 0 atom stereocenters. The van der Waals surface area contributed by atoms with Crippen LogP contribution < -0.4 is 0 Å². The van der Waals surface area contributed by atoms with Crippen LogP contribution in [0.4, 0.5) is 0 Å². The zero-order chi connectivity index (χ0) is 14.2. The maximum Gasteiger partial charge on any atom is 0.359 e. The van der Waals surface area contributed by atoms with Crippen molar-refractivity contribution in [1.29, 1.82) is 0 Å². The standard InChI is InChI=1S/C16H24N2O2/c1-3-20-15(19)14-11(2)13(17-18-14)12-9-16(10-12)7-5-4-6-8-16/h12H,3-10H2,1-2H3,(H,17,18). The van der Waals surface area contributed by atoms with E-state index in [1.165, 1.54) is 44.9 Å². The van der Waals surface area contributed by atoms with Gasteiger partial charge in [-0.1, -0.05) is 19.3 Å². The van der Waals surface area contributed by atoms with Crippen molar-refractivity contribution in [2.75, 3.05) is 6.61 Å². The lowest BCUT2D eigenvalue weighted by Crippen LogP contribution is -2.37. The molecule has 1 aromatic heterocycles. The summed E-state index contributed by atoms with van der Waals surface area (Å²) in [5.74, 6) is 0.253. The lowest BCUT2D eigenvalue weighted by molar-refractivity contribution is 0.0503. The number of ether oxygens (including phenoxy) is 1. The van der Waals surface area contributed by atoms with E-state index in [-0.39, 0.29) is 5.97 Å². The number of rotatable bonds is 3. The molecule has 1 heterocycles. The molecule has 4 heteroatoms. The molecule has 0 unspecified atom stereocenters. The zero-order valence-corrected chi connectivity index (χ0v) is 12.5. The van der Waals surface area contributed by atoms with Gasteiger partial charge >= 0.3 is 5.97 Å². The lowest BCUT2D eigenvalue weighted by atomic mass is 9.55. The molecule has 0 aromatic carbocycles. The van der Waals surface area contributed by atoms with Gasteiger partial charge in [0.05, 0.1) is 6.61 Å². The second-order valence-corrected chi connectivity index (χ2v) is 6.50. The van der Waals surface area contributed by atoms with Crippen LogP contribution >= 0.6 is 0 Å². The Hall–Kier alpha value is -1.32. The van der Waals surface area contributed by atoms with Crippen molar-refractivity contribution >= 4 is 5.97 Å². The summed E-state index contributed by atoms with van der Waals surface area (Å²) in [5, 5.41) is 7.26. The number of nitrogens with zero attached hydrogens (tertiary/aromatic N) is 1. The van der Waals surface area contributed by atoms with Crippen molar-refractivity contribution in [3.8, 4) is 0 Å². The normalized spacial score (nSPS) is 21.7. The van der Waals surface area contributed by atoms with Crippen LogP contribution in [-0.4, -0.2) is 22.8 Å². The zero-order valence-electron chi connectivity index (χ0n) is 12.5. The Morgan fingerprint density at radius 3 is 2.70 bits per heavy atom. The van der Waals surface area contributed by atoms with Crippen molar-refractivity contribution in [2.45, 2.75) is 64.7 Å². The monoisotopic (exact) mass is 276 g/mol. The molecule has 0 aliphatic heterocycles. The minimum absolute atomic E-state index is 0.306. The summed E-state index contributed by atoms with van der Waals surface area (Å²) in [7, 11) is 0. The van der Waals surface area contributed by atoms with E-state index < -0.39 is 0 Å². The smallest absolute Gasteiger partial charge is 0.359 e. The number of esters is 1. The van der Waals surface area contributed by atoms with E-state index in [0.717, 1.165) is 11.3 Å². The van der Waals surface area contributed by atoms with Gasteiger partial charge in [-0.2, -0.15) is 5.10 Å². The van der Waals surface area contributed by atoms with Crippen molar-refractivity contribution in [2.24, 2.45) is 5.41 Å². The number of aromatic amines is 1. The highest BCUT2D eigenvalue weighted by Crippen LogP contribution is 2.58. The van der Waals surface area contributed by atoms with Crippen molar-refractivity contribution in [3.05, 3.63) is 17.0 Å². The number of carbonyl (C=O) groups is 1. The van der Waals surface area contributed by atoms with Gasteiger partial charge in [-0.3, -0.25) is 5.10 Å². The van der Waals surface area contributed by atoms with Crippen LogP contribution in [0.3, 0.4) is 0 Å². The molecule has 0 amide bonds. The van der Waals surface area contributed by atoms with Gasteiger partial charge in [-0.15, -0.1) is 0 Å². The molecular weight excluding hydrogens is 252 g/mol. The van der Waals surface area contributed by atoms with Crippen LogP contribution in [-0.2, 0) is 4.74 Å². The molecule has 110 valence electrons. The Labute approximate surface area is 120 Å². The first-order valence-corrected chi connectivity index (χ1v) is 7.87. The van der Waals surface area contributed by atoms with Crippen LogP contribution in [0.25, 0.3) is 0 Å². The van der Waals surface area contributed by atoms with Crippen LogP contribution in [0.2, 0.25) is 0 Å². The SMILES string of the molecule is CCOC(=O)c1n[nH]c(C2CC3(CCCCC3)C2)c1C. The summed E-state index contributed by atoms with van der Waals surface area (Å²) in [5.41, 5.74) is 3.21. The molecule has 4 nitrogen and oxygen atoms in total. The third kappa shape index (κ3) is 2.25. The van der Waals surface area contributed by atoms with Gasteiger partial charge in [-0.25, -0.2) is 4.79 Å². The average molecular weight is 276 g/mol. The first-order valence-electron chi connectivity index (χ1n) is 7.87. The molecule has 3 rings (SSSR count). The molecule has 0 bridgehead atoms. The number of aromatic nitrogens is 2. The van der Waals surface area contributed by atoms with Crippen molar-refractivity contribution < 1.29 is 9.53 Å². The van der Waals surface area contributed by atoms with Gasteiger partial charge in [0.1, 0.15) is 0 Å². The maximum atomic E-state index is 11.8. The minimum Gasteiger partial charge on any atom is -0.461 e. The summed E-state index contributed by atoms with van der Waals surface area (Å²) in [4.78, 5) is 11.8. The summed E-state index contributed by atoms with van der Waals surface area (Å²) in [6.45, 7) is 4.20. The quantitative estimate of drug-likeness (QED) is 0.856. The van der Waals surface area contributed by atoms with E-state index in [9.17, 15) is 4.79 Å². The molecule has 1 spiro atoms. The van der Waals surface area contributed by atoms with Gasteiger partial charge in [0.2, 0.25) is 0 Å². The summed E-state index contributed by atoms with van der Waals surface area (Å²) in [6.07, 6.45) is 9.49. The molecule has 2 saturated carbocycles. The highest BCUT2D eigenvalue weighted by Gasteiger charge is 2.46. The molecule has 2 aliphatic rings. The molecule has 0 saturated heterocycles. The number of carbonyl (C=O) groups excluding carboxylic acids is 1. The van der Waals surface area contributed by atoms with Gasteiger partial charge in [0.25, 0.3) is 0 Å². The fourth-order valence-electron chi connectivity index (χ4n) is 4.11. The van der Waals surface area contributed by atoms with E-state index in [1.807, 2.05) is 13.8 Å². The van der Waals surface area contributed by atoms with Gasteiger partial charge in [0, 0.05) is 17.2 Å². The van der Waals surface area contributed by atoms with Crippen LogP contribution in [0.1, 0.15) is 79.5 Å². The Morgan fingerprint density at radius 1 is 1.35 bits per heavy atom. The Balaban J connectivity index is 1.69. The van der Waals surface area contributed by atoms with E-state index >= 15 is 0 Å². The summed E-state index contributed by atoms with van der Waals surface area (Å²) in [6, 6.07) is 0. The molecule has 1 N–H and O–H groups in total. The maximum absolute atomic E-state index is 11.8. The molecule has 2 fully saturated rings. The van der Waals surface area contributed by atoms with Crippen LogP contribution in [0.5, 0.6) is 0 Å². The van der Waals surface area contributed by atoms with Crippen molar-refractivity contribution in [3.63, 3.8) is 0 Å². The first kappa shape index (κ1) is 13.7. The third-order valence-electron chi connectivity index (χ3n) is 5.20. The predicted octanol–water partition coefficient (Wildman–Crippen LogP) is 3.72. The largest absolute Gasteiger partial charge is 0.461 e. The fourth-order valence-corrected chi connectivity index (χ4v) is 4.11. The fraction of sp³-hybridized carbons (Fsp3) is 0.750. The Bertz CT molecular complexity index is 493. The van der Waals surface area contributed by atoms with Crippen LogP contribution in [0.15, 0.2) is 0 Å². The van der Waals surface area contributed by atoms with E-state index in [0.29, 0.717) is 23.6 Å². The van der Waals surface area contributed by atoms with Crippen molar-refractivity contribution in [1.82, 2.24) is 10.2 Å². The number of H-pyrrole nitrogens is 1.